The van der Waals surface area contributed by atoms with E-state index in [1.54, 1.807) is 14.0 Å². The van der Waals surface area contributed by atoms with E-state index < -0.39 is 5.54 Å². The third-order valence-electron chi connectivity index (χ3n) is 3.56. The Bertz CT molecular complexity index is 638. The molecule has 0 aromatic heterocycles. The molecule has 0 saturated carbocycles. The summed E-state index contributed by atoms with van der Waals surface area (Å²) in [6, 6.07) is 15.0. The first-order chi connectivity index (χ1) is 9.95. The minimum Gasteiger partial charge on any atom is -0.497 e. The molecule has 3 nitrogen and oxygen atoms in total. The maximum Gasteiger partial charge on any atom is 0.161 e. The molecule has 0 aliphatic carbocycles. The summed E-state index contributed by atoms with van der Waals surface area (Å²) in [7, 11) is 1.60. The lowest BCUT2D eigenvalue weighted by atomic mass is 9.86. The molecule has 2 aromatic rings. The molecule has 0 radical (unpaired) electrons. The van der Waals surface area contributed by atoms with E-state index in [0.29, 0.717) is 0 Å². The van der Waals surface area contributed by atoms with Crippen LogP contribution < -0.4 is 10.5 Å². The number of hydrogen-bond acceptors (Lipinski definition) is 3. The summed E-state index contributed by atoms with van der Waals surface area (Å²) in [6.45, 7) is 1.75. The Hall–Kier alpha value is -1.65. The number of ketones is 1. The summed E-state index contributed by atoms with van der Waals surface area (Å²) >= 11 is 3.46. The number of carbonyl (C=O) groups is 1. The fourth-order valence-corrected chi connectivity index (χ4v) is 2.50. The van der Waals surface area contributed by atoms with Crippen LogP contribution in [0.3, 0.4) is 0 Å². The van der Waals surface area contributed by atoms with Gasteiger partial charge in [0.15, 0.2) is 5.78 Å². The maximum atomic E-state index is 12.6. The average Bonchev–Trinajstić information content (AvgIpc) is 2.50. The molecule has 2 aromatic carbocycles. The van der Waals surface area contributed by atoms with E-state index in [9.17, 15) is 4.79 Å². The zero-order valence-corrected chi connectivity index (χ0v) is 13.7. The Morgan fingerprint density at radius 1 is 1.24 bits per heavy atom. The number of halogens is 1. The first-order valence-electron chi connectivity index (χ1n) is 6.65. The number of ether oxygens (including phenoxy) is 1. The highest BCUT2D eigenvalue weighted by Crippen LogP contribution is 2.26. The van der Waals surface area contributed by atoms with Crippen LogP contribution >= 0.6 is 15.9 Å². The molecule has 1 unspecified atom stereocenters. The molecule has 0 spiro atoms. The number of carbonyl (C=O) groups excluding carboxylic acids is 1. The van der Waals surface area contributed by atoms with Crippen molar-refractivity contribution in [1.82, 2.24) is 0 Å². The van der Waals surface area contributed by atoms with E-state index in [1.807, 2.05) is 48.5 Å². The number of nitrogens with two attached hydrogens (primary N) is 1. The Morgan fingerprint density at radius 2 is 1.90 bits per heavy atom. The molecule has 0 amide bonds. The van der Waals surface area contributed by atoms with Gasteiger partial charge in [-0.15, -0.1) is 0 Å². The van der Waals surface area contributed by atoms with Crippen molar-refractivity contribution in [1.29, 1.82) is 0 Å². The molecule has 2 N–H and O–H groups in total. The van der Waals surface area contributed by atoms with Crippen LogP contribution in [0.1, 0.15) is 18.1 Å². The topological polar surface area (TPSA) is 52.3 Å². The lowest BCUT2D eigenvalue weighted by Crippen LogP contribution is -2.42. The Balaban J connectivity index is 2.25. The van der Waals surface area contributed by atoms with Gasteiger partial charge in [-0.1, -0.05) is 46.3 Å². The standard InChI is InChI=1S/C17H18BrNO2/c1-17(19,13-6-4-3-5-7-13)16(20)11-12-10-14(21-2)8-9-15(12)18/h3-10H,11,19H2,1-2H3. The second-order valence-electron chi connectivity index (χ2n) is 5.13. The number of benzene rings is 2. The number of methoxy groups -OCH3 is 1. The van der Waals surface area contributed by atoms with Crippen LogP contribution in [0.5, 0.6) is 5.75 Å². The molecule has 0 aliphatic heterocycles. The highest BCUT2D eigenvalue weighted by molar-refractivity contribution is 9.10. The third-order valence-corrected chi connectivity index (χ3v) is 4.33. The fraction of sp³-hybridized carbons (Fsp3) is 0.235. The molecule has 0 heterocycles. The van der Waals surface area contributed by atoms with Crippen LogP contribution in [0.4, 0.5) is 0 Å². The highest BCUT2D eigenvalue weighted by atomic mass is 79.9. The summed E-state index contributed by atoms with van der Waals surface area (Å²) in [5, 5.41) is 0. The van der Waals surface area contributed by atoms with Crippen molar-refractivity contribution < 1.29 is 9.53 Å². The van der Waals surface area contributed by atoms with Gasteiger partial charge in [-0.3, -0.25) is 4.79 Å². The SMILES string of the molecule is COc1ccc(Br)c(CC(=O)C(C)(N)c2ccccc2)c1. The van der Waals surface area contributed by atoms with E-state index in [-0.39, 0.29) is 12.2 Å². The molecular formula is C17H18BrNO2. The highest BCUT2D eigenvalue weighted by Gasteiger charge is 2.30. The molecule has 4 heteroatoms. The van der Waals surface area contributed by atoms with E-state index in [1.165, 1.54) is 0 Å². The largest absolute Gasteiger partial charge is 0.497 e. The van der Waals surface area contributed by atoms with Crippen LogP contribution in [0, 0.1) is 0 Å². The summed E-state index contributed by atoms with van der Waals surface area (Å²) in [5.41, 5.74) is 6.93. The number of Topliss-reactive ketones (excluding diaryl/α,β-unsaturated/α-hetero) is 1. The molecule has 0 bridgehead atoms. The maximum absolute atomic E-state index is 12.6. The van der Waals surface area contributed by atoms with Gasteiger partial charge in [0.25, 0.3) is 0 Å². The van der Waals surface area contributed by atoms with E-state index in [0.717, 1.165) is 21.3 Å². The first-order valence-corrected chi connectivity index (χ1v) is 7.44. The van der Waals surface area contributed by atoms with Gasteiger partial charge in [0.05, 0.1) is 12.6 Å². The predicted molar refractivity (Wildman–Crippen MR) is 87.4 cm³/mol. The van der Waals surface area contributed by atoms with Gasteiger partial charge in [-0.2, -0.15) is 0 Å². The van der Waals surface area contributed by atoms with Crippen LogP contribution in [0.15, 0.2) is 53.0 Å². The van der Waals surface area contributed by atoms with Crippen LogP contribution in [0.25, 0.3) is 0 Å². The van der Waals surface area contributed by atoms with Gasteiger partial charge in [-0.05, 0) is 36.2 Å². The molecule has 1 atom stereocenters. The minimum atomic E-state index is -1.01. The smallest absolute Gasteiger partial charge is 0.161 e. The summed E-state index contributed by atoms with van der Waals surface area (Å²) in [5.74, 6) is 0.682. The zero-order chi connectivity index (χ0) is 15.5. The lowest BCUT2D eigenvalue weighted by Gasteiger charge is -2.24. The first kappa shape index (κ1) is 15.7. The second-order valence-corrected chi connectivity index (χ2v) is 5.98. The van der Waals surface area contributed by atoms with Crippen molar-refractivity contribution in [2.45, 2.75) is 18.9 Å². The third kappa shape index (κ3) is 3.52. The molecule has 2 rings (SSSR count). The Morgan fingerprint density at radius 3 is 2.52 bits per heavy atom. The van der Waals surface area contributed by atoms with Gasteiger partial charge < -0.3 is 10.5 Å². The van der Waals surface area contributed by atoms with Gasteiger partial charge in [0.2, 0.25) is 0 Å². The summed E-state index contributed by atoms with van der Waals surface area (Å²) in [4.78, 5) is 12.6. The molecule has 0 aliphatic rings. The fourth-order valence-electron chi connectivity index (χ4n) is 2.12. The predicted octanol–water partition coefficient (Wildman–Crippen LogP) is 3.44. The zero-order valence-electron chi connectivity index (χ0n) is 12.1. The Labute approximate surface area is 133 Å². The van der Waals surface area contributed by atoms with Gasteiger partial charge in [-0.25, -0.2) is 0 Å². The van der Waals surface area contributed by atoms with Crippen molar-refractivity contribution in [2.24, 2.45) is 5.73 Å². The van der Waals surface area contributed by atoms with E-state index >= 15 is 0 Å². The Kier molecular flexibility index (Phi) is 4.80. The monoisotopic (exact) mass is 347 g/mol. The van der Waals surface area contributed by atoms with Gasteiger partial charge in [0.1, 0.15) is 5.75 Å². The summed E-state index contributed by atoms with van der Waals surface area (Å²) < 4.78 is 6.07. The van der Waals surface area contributed by atoms with Crippen molar-refractivity contribution >= 4 is 21.7 Å². The minimum absolute atomic E-state index is 0.0392. The quantitative estimate of drug-likeness (QED) is 0.901. The normalized spacial score (nSPS) is 13.5. The van der Waals surface area contributed by atoms with E-state index in [4.69, 9.17) is 10.5 Å². The van der Waals surface area contributed by atoms with Crippen molar-refractivity contribution in [3.05, 3.63) is 64.1 Å². The number of hydrogen-bond donors (Lipinski definition) is 1. The van der Waals surface area contributed by atoms with Crippen molar-refractivity contribution in [2.75, 3.05) is 7.11 Å². The summed E-state index contributed by atoms with van der Waals surface area (Å²) in [6.07, 6.45) is 0.250. The lowest BCUT2D eigenvalue weighted by molar-refractivity contribution is -0.123. The van der Waals surface area contributed by atoms with Crippen molar-refractivity contribution in [3.63, 3.8) is 0 Å². The van der Waals surface area contributed by atoms with Crippen LogP contribution in [-0.2, 0) is 16.8 Å². The van der Waals surface area contributed by atoms with E-state index in [2.05, 4.69) is 15.9 Å². The molecule has 0 fully saturated rings. The van der Waals surface area contributed by atoms with Crippen LogP contribution in [-0.4, -0.2) is 12.9 Å². The van der Waals surface area contributed by atoms with Gasteiger partial charge >= 0.3 is 0 Å². The average molecular weight is 348 g/mol. The van der Waals surface area contributed by atoms with Crippen molar-refractivity contribution in [3.8, 4) is 5.75 Å². The molecule has 110 valence electrons. The molecular weight excluding hydrogens is 330 g/mol. The second kappa shape index (κ2) is 6.41. The van der Waals surface area contributed by atoms with Gasteiger partial charge in [0, 0.05) is 10.9 Å². The number of rotatable bonds is 5. The van der Waals surface area contributed by atoms with Crippen LogP contribution in [0.2, 0.25) is 0 Å². The molecule has 21 heavy (non-hydrogen) atoms. The molecule has 0 saturated heterocycles.